The van der Waals surface area contributed by atoms with Crippen LogP contribution in [0.5, 0.6) is 0 Å². The molecule has 0 bridgehead atoms. The van der Waals surface area contributed by atoms with E-state index in [9.17, 15) is 0 Å². The summed E-state index contributed by atoms with van der Waals surface area (Å²) in [5.41, 5.74) is 8.37. The third kappa shape index (κ3) is 3.19. The van der Waals surface area contributed by atoms with Crippen molar-refractivity contribution in [3.05, 3.63) is 17.5 Å². The van der Waals surface area contributed by atoms with Crippen molar-refractivity contribution < 1.29 is 0 Å². The molecule has 1 atom stereocenters. The minimum atomic E-state index is 0.260. The van der Waals surface area contributed by atoms with Crippen molar-refractivity contribution >= 4 is 0 Å². The molecule has 0 spiro atoms. The van der Waals surface area contributed by atoms with Crippen LogP contribution in [0.1, 0.15) is 31.5 Å². The molecule has 0 aliphatic heterocycles. The number of aryl methyl sites for hydroxylation is 1. The maximum absolute atomic E-state index is 5.99. The minimum Gasteiger partial charge on any atom is -0.327 e. The highest BCUT2D eigenvalue weighted by molar-refractivity contribution is 5.15. The van der Waals surface area contributed by atoms with E-state index in [1.165, 1.54) is 5.56 Å². The second kappa shape index (κ2) is 4.42. The number of hydrogen-bond acceptors (Lipinski definition) is 2. The van der Waals surface area contributed by atoms with Crippen molar-refractivity contribution in [1.82, 2.24) is 10.2 Å². The summed E-state index contributed by atoms with van der Waals surface area (Å²) in [5.74, 6) is 0.669. The lowest BCUT2D eigenvalue weighted by Gasteiger charge is -2.13. The number of nitrogens with zero attached hydrogens (tertiary/aromatic N) is 1. The van der Waals surface area contributed by atoms with Crippen LogP contribution in [-0.4, -0.2) is 16.2 Å². The maximum Gasteiger partial charge on any atom is 0.0522 e. The standard InChI is InChI=1S/C10H19N3/c1-7(2)4-10(11)5-9-6-12-13-8(9)3/h6-7,10H,4-5,11H2,1-3H3,(H,12,13). The van der Waals surface area contributed by atoms with E-state index < -0.39 is 0 Å². The van der Waals surface area contributed by atoms with Crippen LogP contribution in [0.4, 0.5) is 0 Å². The Morgan fingerprint density at radius 1 is 1.54 bits per heavy atom. The maximum atomic E-state index is 5.99. The van der Waals surface area contributed by atoms with E-state index in [0.717, 1.165) is 18.5 Å². The summed E-state index contributed by atoms with van der Waals surface area (Å²) in [6.07, 6.45) is 3.88. The average Bonchev–Trinajstić information content (AvgIpc) is 2.34. The zero-order valence-electron chi connectivity index (χ0n) is 8.67. The lowest BCUT2D eigenvalue weighted by molar-refractivity contribution is 0.493. The van der Waals surface area contributed by atoms with Gasteiger partial charge in [0.2, 0.25) is 0 Å². The minimum absolute atomic E-state index is 0.260. The third-order valence-corrected chi connectivity index (χ3v) is 2.19. The summed E-state index contributed by atoms with van der Waals surface area (Å²) < 4.78 is 0. The fraction of sp³-hybridized carbons (Fsp3) is 0.700. The van der Waals surface area contributed by atoms with Crippen molar-refractivity contribution in [2.45, 2.75) is 39.7 Å². The van der Waals surface area contributed by atoms with Crippen molar-refractivity contribution in [2.24, 2.45) is 11.7 Å². The van der Waals surface area contributed by atoms with Gasteiger partial charge in [-0.15, -0.1) is 0 Å². The number of H-pyrrole nitrogens is 1. The van der Waals surface area contributed by atoms with E-state index in [2.05, 4.69) is 24.0 Å². The van der Waals surface area contributed by atoms with Gasteiger partial charge in [0.1, 0.15) is 0 Å². The number of aromatic nitrogens is 2. The zero-order valence-corrected chi connectivity index (χ0v) is 8.67. The molecule has 0 aromatic carbocycles. The Labute approximate surface area is 79.7 Å². The van der Waals surface area contributed by atoms with E-state index >= 15 is 0 Å². The first-order valence-electron chi connectivity index (χ1n) is 4.84. The molecule has 3 N–H and O–H groups in total. The molecule has 0 saturated heterocycles. The molecule has 13 heavy (non-hydrogen) atoms. The summed E-state index contributed by atoms with van der Waals surface area (Å²) >= 11 is 0. The fourth-order valence-electron chi connectivity index (χ4n) is 1.55. The lowest BCUT2D eigenvalue weighted by Crippen LogP contribution is -2.24. The highest BCUT2D eigenvalue weighted by Gasteiger charge is 2.08. The van der Waals surface area contributed by atoms with Gasteiger partial charge in [-0.3, -0.25) is 5.10 Å². The molecule has 1 heterocycles. The van der Waals surface area contributed by atoms with Gasteiger partial charge >= 0.3 is 0 Å². The van der Waals surface area contributed by atoms with Gasteiger partial charge in [-0.05, 0) is 31.2 Å². The Morgan fingerprint density at radius 3 is 2.69 bits per heavy atom. The topological polar surface area (TPSA) is 54.7 Å². The molecule has 1 rings (SSSR count). The van der Waals surface area contributed by atoms with Gasteiger partial charge in [-0.25, -0.2) is 0 Å². The molecule has 1 aromatic rings. The molecule has 74 valence electrons. The summed E-state index contributed by atoms with van der Waals surface area (Å²) in [4.78, 5) is 0. The third-order valence-electron chi connectivity index (χ3n) is 2.19. The van der Waals surface area contributed by atoms with Crippen molar-refractivity contribution in [3.8, 4) is 0 Å². The number of aromatic amines is 1. The zero-order chi connectivity index (χ0) is 9.84. The molecular weight excluding hydrogens is 162 g/mol. The molecule has 1 unspecified atom stereocenters. The van der Waals surface area contributed by atoms with Crippen LogP contribution in [0, 0.1) is 12.8 Å². The van der Waals surface area contributed by atoms with E-state index in [-0.39, 0.29) is 6.04 Å². The smallest absolute Gasteiger partial charge is 0.0522 e. The van der Waals surface area contributed by atoms with Gasteiger partial charge in [-0.1, -0.05) is 13.8 Å². The van der Waals surface area contributed by atoms with Crippen LogP contribution >= 0.6 is 0 Å². The SMILES string of the molecule is Cc1[nH]ncc1CC(N)CC(C)C. The normalized spacial score (nSPS) is 13.6. The van der Waals surface area contributed by atoms with Crippen LogP contribution in [0.3, 0.4) is 0 Å². The van der Waals surface area contributed by atoms with Crippen LogP contribution in [-0.2, 0) is 6.42 Å². The van der Waals surface area contributed by atoms with Gasteiger partial charge in [0.15, 0.2) is 0 Å². The number of hydrogen-bond donors (Lipinski definition) is 2. The van der Waals surface area contributed by atoms with Crippen molar-refractivity contribution in [3.63, 3.8) is 0 Å². The molecule has 0 aliphatic carbocycles. The first-order valence-corrected chi connectivity index (χ1v) is 4.84. The van der Waals surface area contributed by atoms with E-state index in [1.54, 1.807) is 0 Å². The monoisotopic (exact) mass is 181 g/mol. The van der Waals surface area contributed by atoms with Gasteiger partial charge in [-0.2, -0.15) is 5.10 Å². The van der Waals surface area contributed by atoms with Gasteiger partial charge < -0.3 is 5.73 Å². The fourth-order valence-corrected chi connectivity index (χ4v) is 1.55. The largest absolute Gasteiger partial charge is 0.327 e. The highest BCUT2D eigenvalue weighted by atomic mass is 15.1. The summed E-state index contributed by atoms with van der Waals surface area (Å²) in [7, 11) is 0. The quantitative estimate of drug-likeness (QED) is 0.741. The lowest BCUT2D eigenvalue weighted by atomic mass is 9.99. The average molecular weight is 181 g/mol. The van der Waals surface area contributed by atoms with Gasteiger partial charge in [0.05, 0.1) is 6.20 Å². The number of nitrogens with two attached hydrogens (primary N) is 1. The molecule has 3 nitrogen and oxygen atoms in total. The molecule has 1 aromatic heterocycles. The predicted octanol–water partition coefficient (Wildman–Crippen LogP) is 1.63. The molecule has 3 heteroatoms. The van der Waals surface area contributed by atoms with E-state index in [0.29, 0.717) is 5.92 Å². The number of nitrogens with one attached hydrogen (secondary N) is 1. The van der Waals surface area contributed by atoms with Crippen molar-refractivity contribution in [2.75, 3.05) is 0 Å². The Bertz CT molecular complexity index is 252. The first-order chi connectivity index (χ1) is 6.09. The Kier molecular flexibility index (Phi) is 3.48. The molecule has 0 amide bonds. The molecule has 0 saturated carbocycles. The number of rotatable bonds is 4. The Balaban J connectivity index is 2.45. The Hall–Kier alpha value is -0.830. The highest BCUT2D eigenvalue weighted by Crippen LogP contribution is 2.10. The predicted molar refractivity (Wildman–Crippen MR) is 54.5 cm³/mol. The molecule has 0 radical (unpaired) electrons. The summed E-state index contributed by atoms with van der Waals surface area (Å²) in [5, 5.41) is 6.90. The second-order valence-electron chi connectivity index (χ2n) is 4.11. The second-order valence-corrected chi connectivity index (χ2v) is 4.11. The van der Waals surface area contributed by atoms with E-state index in [1.807, 2.05) is 13.1 Å². The molecule has 0 aliphatic rings. The van der Waals surface area contributed by atoms with Crippen LogP contribution in [0.15, 0.2) is 6.20 Å². The Morgan fingerprint density at radius 2 is 2.23 bits per heavy atom. The van der Waals surface area contributed by atoms with Gasteiger partial charge in [0, 0.05) is 11.7 Å². The van der Waals surface area contributed by atoms with Gasteiger partial charge in [0.25, 0.3) is 0 Å². The first kappa shape index (κ1) is 10.3. The summed E-state index contributed by atoms with van der Waals surface area (Å²) in [6.45, 7) is 6.43. The van der Waals surface area contributed by atoms with Crippen LogP contribution in [0.25, 0.3) is 0 Å². The van der Waals surface area contributed by atoms with E-state index in [4.69, 9.17) is 5.73 Å². The van der Waals surface area contributed by atoms with Crippen LogP contribution < -0.4 is 5.73 Å². The molecular formula is C10H19N3. The van der Waals surface area contributed by atoms with Crippen LogP contribution in [0.2, 0.25) is 0 Å². The van der Waals surface area contributed by atoms with Crippen molar-refractivity contribution in [1.29, 1.82) is 0 Å². The molecule has 0 fully saturated rings. The summed E-state index contributed by atoms with van der Waals surface area (Å²) in [6, 6.07) is 0.260.